The molecule has 87 heavy (non-hydrogen) atoms. The summed E-state index contributed by atoms with van der Waals surface area (Å²) in [6.45, 7) is 0. The van der Waals surface area contributed by atoms with E-state index in [1.165, 1.54) is 153 Å². The largest absolute Gasteiger partial charge is 0.0795 e. The van der Waals surface area contributed by atoms with Crippen LogP contribution in [0.2, 0.25) is 0 Å². The van der Waals surface area contributed by atoms with Crippen LogP contribution < -0.4 is 0 Å². The summed E-state index contributed by atoms with van der Waals surface area (Å²) in [6, 6.07) is 104. The van der Waals surface area contributed by atoms with Gasteiger partial charge >= 0.3 is 0 Å². The summed E-state index contributed by atoms with van der Waals surface area (Å²) in [4.78, 5) is 0. The van der Waals surface area contributed by atoms with Crippen LogP contribution >= 0.6 is 0 Å². The van der Waals surface area contributed by atoms with E-state index in [0.29, 0.717) is 0 Å². The van der Waals surface area contributed by atoms with Gasteiger partial charge in [-0.05, 0) is 185 Å². The van der Waals surface area contributed by atoms with E-state index >= 15 is 0 Å². The molecule has 0 aromatic heterocycles. The molecule has 5 aliphatic rings. The molecule has 0 radical (unpaired) electrons. The molecule has 412 valence electrons. The lowest BCUT2D eigenvalue weighted by Gasteiger charge is -2.06. The SMILES string of the molecule is C1=Cc2c(ccc3ccccc23)C1.C1=Cc2ccc3ccccc3c2C1.C1=Cc2ccc3ccccc3c2C1.c1ccc2c(c1)Cc1ccc3ccccc3c1-2.c1ccc2c(c1)Cc1ccc3ccccc3c1-2.c1ccc2c(c1)ccc1ccccc12. The zero-order chi connectivity index (χ0) is 57.9. The molecule has 0 amide bonds. The summed E-state index contributed by atoms with van der Waals surface area (Å²) in [5.41, 5.74) is 20.2. The van der Waals surface area contributed by atoms with Crippen LogP contribution in [-0.4, -0.2) is 0 Å². The van der Waals surface area contributed by atoms with Gasteiger partial charge in [-0.1, -0.05) is 328 Å². The van der Waals surface area contributed by atoms with Crippen LogP contribution in [0.15, 0.2) is 309 Å². The van der Waals surface area contributed by atoms with Crippen LogP contribution in [0.5, 0.6) is 0 Å². The van der Waals surface area contributed by atoms with Crippen molar-refractivity contribution < 1.29 is 0 Å². The van der Waals surface area contributed by atoms with Gasteiger partial charge in [-0.2, -0.15) is 0 Å². The highest BCUT2D eigenvalue weighted by Crippen LogP contribution is 2.43. The van der Waals surface area contributed by atoms with E-state index in [1.807, 2.05) is 0 Å². The maximum absolute atomic E-state index is 2.28. The lowest BCUT2D eigenvalue weighted by atomic mass is 9.98. The number of hydrogen-bond donors (Lipinski definition) is 0. The standard InChI is InChI=1S/2C17H12.C14H10.3C13H10/c2*1-3-7-15-12(5-1)9-10-14-11-13-6-2-4-8-16(13)17(14)15;1-3-7-13-11(5-1)9-10-12-6-2-4-8-14(12)13;3*1-2-6-12-10(4-1)8-9-11-5-3-7-13(11)12/h2*1-10H,11H2;1-10H;1-4,6-9H,5H2;2*1-6,8-9H,7H2. The fourth-order valence-electron chi connectivity index (χ4n) is 13.9. The predicted octanol–water partition coefficient (Wildman–Crippen LogP) is 23.0. The Morgan fingerprint density at radius 2 is 0.506 bits per heavy atom. The predicted molar refractivity (Wildman–Crippen MR) is 376 cm³/mol. The topological polar surface area (TPSA) is 0 Å². The monoisotopic (exact) mass is 1110 g/mol. The zero-order valence-corrected chi connectivity index (χ0v) is 48.7. The maximum Gasteiger partial charge on any atom is -0.00132 e. The molecule has 20 rings (SSSR count). The minimum atomic E-state index is 1.08. The van der Waals surface area contributed by atoms with Crippen molar-refractivity contribution in [3.05, 3.63) is 365 Å². The summed E-state index contributed by atoms with van der Waals surface area (Å²) in [5, 5.41) is 19.0. The molecule has 0 saturated heterocycles. The summed E-state index contributed by atoms with van der Waals surface area (Å²) < 4.78 is 0. The lowest BCUT2D eigenvalue weighted by molar-refractivity contribution is 1.27. The van der Waals surface area contributed by atoms with E-state index in [1.54, 1.807) is 0 Å². The molecular formula is C87H64. The zero-order valence-electron chi connectivity index (χ0n) is 48.7. The Morgan fingerprint density at radius 3 is 0.966 bits per heavy atom. The van der Waals surface area contributed by atoms with Crippen LogP contribution in [0.3, 0.4) is 0 Å². The van der Waals surface area contributed by atoms with Crippen molar-refractivity contribution in [2.24, 2.45) is 0 Å². The Kier molecular flexibility index (Phi) is 14.5. The molecule has 0 spiro atoms. The lowest BCUT2D eigenvalue weighted by Crippen LogP contribution is -1.83. The van der Waals surface area contributed by atoms with Crippen LogP contribution in [0.4, 0.5) is 0 Å². The van der Waals surface area contributed by atoms with Gasteiger partial charge in [0.05, 0.1) is 0 Å². The second kappa shape index (κ2) is 23.8. The Bertz CT molecular complexity index is 4920. The van der Waals surface area contributed by atoms with Crippen molar-refractivity contribution in [1.29, 1.82) is 0 Å². The van der Waals surface area contributed by atoms with Crippen molar-refractivity contribution in [2.75, 3.05) is 0 Å². The average molecular weight is 1110 g/mol. The summed E-state index contributed by atoms with van der Waals surface area (Å²) in [7, 11) is 0. The van der Waals surface area contributed by atoms with Crippen LogP contribution in [0.1, 0.15) is 55.6 Å². The second-order valence-corrected chi connectivity index (χ2v) is 23.2. The normalized spacial score (nSPS) is 12.7. The third-order valence-electron chi connectivity index (χ3n) is 18.1. The minimum Gasteiger partial charge on any atom is -0.0795 e. The van der Waals surface area contributed by atoms with Gasteiger partial charge in [-0.25, -0.2) is 0 Å². The van der Waals surface area contributed by atoms with Gasteiger partial charge in [-0.3, -0.25) is 0 Å². The molecule has 5 aliphatic carbocycles. The van der Waals surface area contributed by atoms with E-state index in [2.05, 4.69) is 328 Å². The number of fused-ring (bicyclic) bond motifs is 22. The Labute approximate surface area is 510 Å². The smallest absolute Gasteiger partial charge is 0.00132 e. The van der Waals surface area contributed by atoms with Crippen LogP contribution in [0, 0.1) is 0 Å². The van der Waals surface area contributed by atoms with Crippen molar-refractivity contribution in [2.45, 2.75) is 32.1 Å². The first-order valence-corrected chi connectivity index (χ1v) is 30.7. The summed E-state index contributed by atoms with van der Waals surface area (Å²) in [5.74, 6) is 0. The quantitative estimate of drug-likeness (QED) is 0.133. The van der Waals surface area contributed by atoms with E-state index < -0.39 is 0 Å². The van der Waals surface area contributed by atoms with E-state index in [4.69, 9.17) is 0 Å². The highest BCUT2D eigenvalue weighted by atomic mass is 14.2. The highest BCUT2D eigenvalue weighted by molar-refractivity contribution is 6.07. The first-order valence-electron chi connectivity index (χ1n) is 30.7. The van der Waals surface area contributed by atoms with Gasteiger partial charge in [0.2, 0.25) is 0 Å². The number of allylic oxidation sites excluding steroid dienone is 3. The van der Waals surface area contributed by atoms with Crippen molar-refractivity contribution in [3.8, 4) is 22.3 Å². The molecule has 0 aliphatic heterocycles. The molecule has 0 unspecified atom stereocenters. The fourth-order valence-corrected chi connectivity index (χ4v) is 13.9. The van der Waals surface area contributed by atoms with Gasteiger partial charge in [0, 0.05) is 0 Å². The number of hydrogen-bond acceptors (Lipinski definition) is 0. The molecule has 0 nitrogen and oxygen atoms in total. The Hall–Kier alpha value is -10.7. The Morgan fingerprint density at radius 1 is 0.195 bits per heavy atom. The van der Waals surface area contributed by atoms with Gasteiger partial charge < -0.3 is 0 Å². The van der Waals surface area contributed by atoms with Gasteiger partial charge in [0.15, 0.2) is 0 Å². The Balaban J connectivity index is 0.0000000883. The minimum absolute atomic E-state index is 1.08. The molecule has 0 atom stereocenters. The van der Waals surface area contributed by atoms with Crippen LogP contribution in [-0.2, 0) is 32.1 Å². The first kappa shape index (κ1) is 53.1. The van der Waals surface area contributed by atoms with Gasteiger partial charge in [0.25, 0.3) is 0 Å². The molecule has 0 saturated carbocycles. The molecular weight excluding hydrogens is 1040 g/mol. The third-order valence-corrected chi connectivity index (χ3v) is 18.1. The average Bonchev–Trinajstić information content (AvgIpc) is 4.64. The summed E-state index contributed by atoms with van der Waals surface area (Å²) in [6.07, 6.45) is 18.8. The fraction of sp³-hybridized carbons (Fsp3) is 0.0575. The molecule has 15 aromatic carbocycles. The molecule has 0 fully saturated rings. The van der Waals surface area contributed by atoms with E-state index in [9.17, 15) is 0 Å². The summed E-state index contributed by atoms with van der Waals surface area (Å²) >= 11 is 0. The van der Waals surface area contributed by atoms with Crippen molar-refractivity contribution in [3.63, 3.8) is 0 Å². The van der Waals surface area contributed by atoms with Gasteiger partial charge in [0.1, 0.15) is 0 Å². The molecule has 0 heteroatoms. The van der Waals surface area contributed by atoms with Gasteiger partial charge in [-0.15, -0.1) is 0 Å². The molecule has 0 bridgehead atoms. The first-order chi connectivity index (χ1) is 43.2. The molecule has 15 aromatic rings. The number of benzene rings is 15. The molecule has 0 N–H and O–H groups in total. The van der Waals surface area contributed by atoms with Crippen molar-refractivity contribution in [1.82, 2.24) is 0 Å². The second-order valence-electron chi connectivity index (χ2n) is 23.2. The van der Waals surface area contributed by atoms with Crippen LogP contribution in [0.25, 0.3) is 116 Å². The highest BCUT2D eigenvalue weighted by Gasteiger charge is 2.21. The maximum atomic E-state index is 2.28. The molecule has 0 heterocycles. The van der Waals surface area contributed by atoms with E-state index in [0.717, 1.165) is 32.1 Å². The number of rotatable bonds is 0. The van der Waals surface area contributed by atoms with Crippen molar-refractivity contribution >= 4 is 93.6 Å². The van der Waals surface area contributed by atoms with E-state index in [-0.39, 0.29) is 0 Å². The third kappa shape index (κ3) is 10.5.